The van der Waals surface area contributed by atoms with E-state index in [4.69, 9.17) is 9.47 Å². The normalized spacial score (nSPS) is 19.1. The molecule has 11 nitrogen and oxygen atoms in total. The van der Waals surface area contributed by atoms with E-state index in [-0.39, 0.29) is 22.1 Å². The fourth-order valence-corrected chi connectivity index (χ4v) is 8.44. The first-order valence-corrected chi connectivity index (χ1v) is 15.8. The fraction of sp³-hybridized carbons (Fsp3) is 0.500. The van der Waals surface area contributed by atoms with Gasteiger partial charge in [-0.05, 0) is 33.3 Å². The number of esters is 2. The number of amides is 2. The number of hydrogen-bond donors (Lipinski definition) is 1. The Morgan fingerprint density at radius 1 is 1.18 bits per heavy atom. The predicted molar refractivity (Wildman–Crippen MR) is 146 cm³/mol. The molecule has 1 N–H and O–H groups in total. The molecule has 0 saturated carbocycles. The average molecular weight is 617 g/mol. The number of β-lactam (4-membered cyclic amide) rings is 1. The van der Waals surface area contributed by atoms with Crippen LogP contribution >= 0.6 is 57.5 Å². The topological polar surface area (TPSA) is 145 Å². The van der Waals surface area contributed by atoms with Crippen LogP contribution in [0.15, 0.2) is 25.8 Å². The van der Waals surface area contributed by atoms with E-state index in [0.717, 1.165) is 32.0 Å². The van der Waals surface area contributed by atoms with E-state index in [1.165, 1.54) is 39.8 Å². The minimum Gasteiger partial charge on any atom is -0.427 e. The van der Waals surface area contributed by atoms with Crippen LogP contribution in [-0.4, -0.2) is 68.6 Å². The summed E-state index contributed by atoms with van der Waals surface area (Å²) < 4.78 is 10.9. The van der Waals surface area contributed by atoms with Gasteiger partial charge < -0.3 is 14.8 Å². The highest BCUT2D eigenvalue weighted by molar-refractivity contribution is 8.01. The zero-order valence-electron chi connectivity index (χ0n) is 20.8. The Hall–Kier alpha value is -2.27. The van der Waals surface area contributed by atoms with Gasteiger partial charge in [0.2, 0.25) is 12.7 Å². The lowest BCUT2D eigenvalue weighted by Gasteiger charge is -2.49. The number of carbonyl (C=O) groups is 4. The van der Waals surface area contributed by atoms with E-state index in [9.17, 15) is 24.0 Å². The van der Waals surface area contributed by atoms with Gasteiger partial charge in [0.15, 0.2) is 4.34 Å². The summed E-state index contributed by atoms with van der Waals surface area (Å²) in [5.41, 5.74) is -0.0177. The minimum atomic E-state index is -0.815. The first-order valence-electron chi connectivity index (χ1n) is 11.2. The standard InChI is InChI=1S/C22H24N4O7S5/c1-10-24-25-20(37-10)35-7-11-6-34-17-14(23-13(27)5-12-8-36-21(31)38-12)16(28)26(17)15(11)18(29)32-9-33-19(30)22(2,3)4/h8,14,17H,5-7,9H2,1-4H3,(H,23,27). The van der Waals surface area contributed by atoms with Crippen molar-refractivity contribution in [3.63, 3.8) is 0 Å². The first kappa shape index (κ1) is 28.7. The summed E-state index contributed by atoms with van der Waals surface area (Å²) in [6.45, 7) is 6.30. The van der Waals surface area contributed by atoms with Gasteiger partial charge in [-0.3, -0.25) is 24.1 Å². The molecule has 1 fully saturated rings. The molecule has 0 spiro atoms. The second-order valence-electron chi connectivity index (χ2n) is 9.25. The molecule has 2 aliphatic rings. The molecule has 2 amide bonds. The van der Waals surface area contributed by atoms with E-state index < -0.39 is 41.5 Å². The third-order valence-electron chi connectivity index (χ3n) is 5.26. The Balaban J connectivity index is 1.47. The van der Waals surface area contributed by atoms with Gasteiger partial charge in [0.1, 0.15) is 22.1 Å². The smallest absolute Gasteiger partial charge is 0.357 e. The number of thioether (sulfide) groups is 2. The molecule has 204 valence electrons. The van der Waals surface area contributed by atoms with Gasteiger partial charge in [0.05, 0.1) is 11.8 Å². The van der Waals surface area contributed by atoms with Crippen molar-refractivity contribution >= 4 is 81.3 Å². The van der Waals surface area contributed by atoms with Crippen LogP contribution in [0.2, 0.25) is 0 Å². The van der Waals surface area contributed by atoms with Gasteiger partial charge >= 0.3 is 11.9 Å². The summed E-state index contributed by atoms with van der Waals surface area (Å²) >= 11 is 6.27. The average Bonchev–Trinajstić information content (AvgIpc) is 3.46. The predicted octanol–water partition coefficient (Wildman–Crippen LogP) is 2.41. The van der Waals surface area contributed by atoms with Crippen molar-refractivity contribution in [1.29, 1.82) is 0 Å². The Bertz CT molecular complexity index is 1340. The van der Waals surface area contributed by atoms with E-state index in [1.54, 1.807) is 26.2 Å². The highest BCUT2D eigenvalue weighted by Gasteiger charge is 2.54. The van der Waals surface area contributed by atoms with E-state index in [0.29, 0.717) is 22.0 Å². The van der Waals surface area contributed by atoms with Crippen molar-refractivity contribution in [1.82, 2.24) is 20.4 Å². The van der Waals surface area contributed by atoms with Gasteiger partial charge in [-0.15, -0.1) is 22.0 Å². The third-order valence-corrected chi connectivity index (χ3v) is 10.6. The molecule has 16 heteroatoms. The molecule has 4 heterocycles. The first-order chi connectivity index (χ1) is 17.9. The van der Waals surface area contributed by atoms with Crippen LogP contribution in [0.3, 0.4) is 0 Å². The molecule has 2 unspecified atom stereocenters. The Morgan fingerprint density at radius 2 is 1.95 bits per heavy atom. The number of hydrogen-bond acceptors (Lipinski definition) is 14. The van der Waals surface area contributed by atoms with Crippen LogP contribution in [0.25, 0.3) is 0 Å². The quantitative estimate of drug-likeness (QED) is 0.192. The highest BCUT2D eigenvalue weighted by atomic mass is 32.2. The zero-order valence-corrected chi connectivity index (χ0v) is 24.9. The second-order valence-corrected chi connectivity index (χ2v) is 15.0. The number of ether oxygens (including phenoxy) is 2. The number of nitrogens with zero attached hydrogens (tertiary/aromatic N) is 3. The minimum absolute atomic E-state index is 0.00237. The molecular weight excluding hydrogens is 593 g/mol. The summed E-state index contributed by atoms with van der Waals surface area (Å²) in [5.74, 6) is -1.35. The molecule has 0 radical (unpaired) electrons. The maximum Gasteiger partial charge on any atom is 0.357 e. The van der Waals surface area contributed by atoms with Gasteiger partial charge in [-0.1, -0.05) is 45.8 Å². The van der Waals surface area contributed by atoms with Crippen molar-refractivity contribution in [2.24, 2.45) is 5.41 Å². The van der Waals surface area contributed by atoms with Crippen molar-refractivity contribution < 1.29 is 28.7 Å². The number of rotatable bonds is 9. The second kappa shape index (κ2) is 11.9. The monoisotopic (exact) mass is 616 g/mol. The van der Waals surface area contributed by atoms with Gasteiger partial charge in [-0.25, -0.2) is 4.79 Å². The molecule has 2 aromatic heterocycles. The Labute approximate surface area is 238 Å². The number of fused-ring (bicyclic) bond motifs is 1. The molecule has 0 aliphatic carbocycles. The van der Waals surface area contributed by atoms with Crippen molar-refractivity contribution in [2.75, 3.05) is 18.3 Å². The zero-order chi connectivity index (χ0) is 27.6. The molecule has 4 rings (SSSR count). The number of aryl methyl sites for hydroxylation is 1. The number of nitrogens with one attached hydrogen (secondary N) is 1. The maximum absolute atomic E-state index is 13.1. The molecule has 38 heavy (non-hydrogen) atoms. The van der Waals surface area contributed by atoms with E-state index in [1.807, 2.05) is 6.92 Å². The lowest BCUT2D eigenvalue weighted by Crippen LogP contribution is -2.70. The Kier molecular flexibility index (Phi) is 8.96. The van der Waals surface area contributed by atoms with Crippen LogP contribution in [0, 0.1) is 12.3 Å². The third kappa shape index (κ3) is 6.65. The van der Waals surface area contributed by atoms with Crippen molar-refractivity contribution in [3.8, 4) is 0 Å². The lowest BCUT2D eigenvalue weighted by molar-refractivity contribution is -0.173. The SMILES string of the molecule is Cc1nnc(SCC2=C(C(=O)OCOC(=O)C(C)(C)C)N3C(=O)C(NC(=O)Cc4csc(=O)s4)C3SC2)s1. The molecular formula is C22H24N4O7S5. The van der Waals surface area contributed by atoms with Crippen LogP contribution < -0.4 is 9.37 Å². The van der Waals surface area contributed by atoms with Gasteiger partial charge in [-0.2, -0.15) is 0 Å². The summed E-state index contributed by atoms with van der Waals surface area (Å²) in [7, 11) is 0. The summed E-state index contributed by atoms with van der Waals surface area (Å²) in [4.78, 5) is 64.2. The summed E-state index contributed by atoms with van der Waals surface area (Å²) in [5, 5.41) is 12.8. The van der Waals surface area contributed by atoms with Crippen LogP contribution in [0.1, 0.15) is 30.7 Å². The highest BCUT2D eigenvalue weighted by Crippen LogP contribution is 2.42. The molecule has 0 bridgehead atoms. The van der Waals surface area contributed by atoms with Crippen molar-refractivity contribution in [3.05, 3.63) is 35.4 Å². The molecule has 2 aliphatic heterocycles. The van der Waals surface area contributed by atoms with E-state index in [2.05, 4.69) is 15.5 Å². The largest absolute Gasteiger partial charge is 0.427 e. The Morgan fingerprint density at radius 3 is 2.58 bits per heavy atom. The fourth-order valence-electron chi connectivity index (χ4n) is 3.42. The van der Waals surface area contributed by atoms with Crippen LogP contribution in [0.5, 0.6) is 0 Å². The van der Waals surface area contributed by atoms with Crippen LogP contribution in [0.4, 0.5) is 0 Å². The summed E-state index contributed by atoms with van der Waals surface area (Å²) in [6, 6.07) is -0.815. The number of carbonyl (C=O) groups excluding carboxylic acids is 4. The van der Waals surface area contributed by atoms with Crippen molar-refractivity contribution in [2.45, 2.75) is 49.9 Å². The molecule has 1 saturated heterocycles. The molecule has 2 aromatic rings. The lowest BCUT2D eigenvalue weighted by atomic mass is 9.98. The maximum atomic E-state index is 13.1. The number of aromatic nitrogens is 2. The summed E-state index contributed by atoms with van der Waals surface area (Å²) in [6.07, 6.45) is -0.00237. The molecule has 0 aromatic carbocycles. The van der Waals surface area contributed by atoms with Gasteiger partial charge in [0.25, 0.3) is 9.96 Å². The van der Waals surface area contributed by atoms with Gasteiger partial charge in [0, 0.05) is 21.8 Å². The van der Waals surface area contributed by atoms with E-state index >= 15 is 0 Å². The molecule has 2 atom stereocenters. The van der Waals surface area contributed by atoms with Crippen LogP contribution in [-0.2, 0) is 35.1 Å².